The minimum Gasteiger partial charge on any atom is -0.363 e. The quantitative estimate of drug-likeness (QED) is 0.712. The lowest BCUT2D eigenvalue weighted by Crippen LogP contribution is -2.15. The molecule has 27 heavy (non-hydrogen) atoms. The van der Waals surface area contributed by atoms with Crippen molar-refractivity contribution in [2.75, 3.05) is 10.6 Å². The van der Waals surface area contributed by atoms with E-state index in [1.165, 1.54) is 18.2 Å². The van der Waals surface area contributed by atoms with Gasteiger partial charge in [0, 0.05) is 11.9 Å². The van der Waals surface area contributed by atoms with Gasteiger partial charge in [-0.2, -0.15) is 13.2 Å². The summed E-state index contributed by atoms with van der Waals surface area (Å²) in [5, 5.41) is 13.2. The Kier molecular flexibility index (Phi) is 5.30. The molecule has 2 heterocycles. The number of carbonyl (C=O) groups excluding carboxylic acids is 1. The lowest BCUT2D eigenvalue weighted by atomic mass is 10.2. The average Bonchev–Trinajstić information content (AvgIpc) is 2.67. The van der Waals surface area contributed by atoms with Gasteiger partial charge in [0.1, 0.15) is 5.82 Å². The number of nitrogens with one attached hydrogen (secondary N) is 2. The number of benzene rings is 1. The third kappa shape index (κ3) is 5.00. The van der Waals surface area contributed by atoms with Gasteiger partial charge in [0.15, 0.2) is 5.69 Å². The lowest BCUT2D eigenvalue weighted by Gasteiger charge is -2.09. The Morgan fingerprint density at radius 1 is 0.963 bits per heavy atom. The van der Waals surface area contributed by atoms with Crippen molar-refractivity contribution in [3.05, 3.63) is 77.7 Å². The van der Waals surface area contributed by atoms with E-state index in [0.29, 0.717) is 12.4 Å². The molecule has 0 saturated heterocycles. The highest BCUT2D eigenvalue weighted by molar-refractivity contribution is 6.02. The summed E-state index contributed by atoms with van der Waals surface area (Å²) in [6.07, 6.45) is -2.75. The first-order chi connectivity index (χ1) is 12.9. The van der Waals surface area contributed by atoms with Crippen molar-refractivity contribution in [3.63, 3.8) is 0 Å². The topological polar surface area (TPSA) is 79.8 Å². The highest BCUT2D eigenvalue weighted by Crippen LogP contribution is 2.29. The maximum atomic E-state index is 12.5. The molecule has 0 radical (unpaired) electrons. The van der Waals surface area contributed by atoms with Crippen LogP contribution in [0.2, 0.25) is 0 Å². The molecule has 1 aromatic carbocycles. The minimum atomic E-state index is -4.42. The molecular weight excluding hydrogens is 359 g/mol. The fraction of sp³-hybridized carbons (Fsp3) is 0.111. The fourth-order valence-corrected chi connectivity index (χ4v) is 2.17. The molecule has 0 atom stereocenters. The van der Waals surface area contributed by atoms with Crippen LogP contribution in [0.1, 0.15) is 21.7 Å². The molecule has 0 spiro atoms. The van der Waals surface area contributed by atoms with Gasteiger partial charge in [0.2, 0.25) is 0 Å². The van der Waals surface area contributed by atoms with Gasteiger partial charge >= 0.3 is 6.18 Å². The van der Waals surface area contributed by atoms with Crippen LogP contribution < -0.4 is 10.6 Å². The molecule has 138 valence electrons. The molecule has 9 heteroatoms. The van der Waals surface area contributed by atoms with E-state index >= 15 is 0 Å². The summed E-state index contributed by atoms with van der Waals surface area (Å²) in [5.41, 5.74) is 0.303. The Morgan fingerprint density at radius 2 is 1.74 bits per heavy atom. The van der Waals surface area contributed by atoms with E-state index in [1.54, 1.807) is 12.3 Å². The molecule has 2 N–H and O–H groups in total. The van der Waals surface area contributed by atoms with Gasteiger partial charge in [-0.1, -0.05) is 6.07 Å². The molecule has 0 aliphatic heterocycles. The van der Waals surface area contributed by atoms with E-state index in [-0.39, 0.29) is 11.4 Å². The second kappa shape index (κ2) is 7.81. The molecule has 0 bridgehead atoms. The number of hydrogen-bond donors (Lipinski definition) is 2. The van der Waals surface area contributed by atoms with Crippen molar-refractivity contribution in [3.8, 4) is 0 Å². The van der Waals surface area contributed by atoms with Crippen LogP contribution in [0.3, 0.4) is 0 Å². The highest BCUT2D eigenvalue weighted by Gasteiger charge is 2.30. The molecule has 1 amide bonds. The lowest BCUT2D eigenvalue weighted by molar-refractivity contribution is -0.137. The SMILES string of the molecule is O=C(Nc1ccc(C(F)(F)F)cc1)c1ccc(NCc2ccccn2)nn1. The Bertz CT molecular complexity index is 897. The third-order valence-corrected chi connectivity index (χ3v) is 3.54. The van der Waals surface area contributed by atoms with Crippen LogP contribution in [-0.4, -0.2) is 21.1 Å². The van der Waals surface area contributed by atoms with E-state index in [1.807, 2.05) is 18.2 Å². The second-order valence-electron chi connectivity index (χ2n) is 5.51. The smallest absolute Gasteiger partial charge is 0.363 e. The summed E-state index contributed by atoms with van der Waals surface area (Å²) in [5.74, 6) is -0.106. The maximum Gasteiger partial charge on any atom is 0.416 e. The molecule has 6 nitrogen and oxygen atoms in total. The van der Waals surface area contributed by atoms with Crippen molar-refractivity contribution in [1.29, 1.82) is 0 Å². The first-order valence-electron chi connectivity index (χ1n) is 7.88. The Hall–Kier alpha value is -3.49. The molecule has 0 unspecified atom stereocenters. The van der Waals surface area contributed by atoms with E-state index in [0.717, 1.165) is 17.8 Å². The van der Waals surface area contributed by atoms with Gasteiger partial charge in [-0.15, -0.1) is 10.2 Å². The summed E-state index contributed by atoms with van der Waals surface area (Å²) < 4.78 is 37.6. The second-order valence-corrected chi connectivity index (χ2v) is 5.51. The molecule has 0 fully saturated rings. The Balaban J connectivity index is 1.58. The van der Waals surface area contributed by atoms with Crippen LogP contribution in [0.4, 0.5) is 24.7 Å². The number of alkyl halides is 3. The number of rotatable bonds is 5. The van der Waals surface area contributed by atoms with Gasteiger partial charge in [-0.05, 0) is 48.5 Å². The molecule has 0 saturated carbocycles. The first-order valence-corrected chi connectivity index (χ1v) is 7.88. The van der Waals surface area contributed by atoms with Crippen molar-refractivity contribution < 1.29 is 18.0 Å². The largest absolute Gasteiger partial charge is 0.416 e. The highest BCUT2D eigenvalue weighted by atomic mass is 19.4. The predicted molar refractivity (Wildman–Crippen MR) is 93.0 cm³/mol. The van der Waals surface area contributed by atoms with Crippen molar-refractivity contribution in [2.45, 2.75) is 12.7 Å². The van der Waals surface area contributed by atoms with Crippen molar-refractivity contribution in [1.82, 2.24) is 15.2 Å². The summed E-state index contributed by atoms with van der Waals surface area (Å²) in [6, 6.07) is 12.7. The van der Waals surface area contributed by atoms with Gasteiger partial charge in [-0.3, -0.25) is 9.78 Å². The van der Waals surface area contributed by atoms with Crippen LogP contribution in [-0.2, 0) is 12.7 Å². The molecule has 0 aliphatic carbocycles. The zero-order valence-electron chi connectivity index (χ0n) is 13.9. The van der Waals surface area contributed by atoms with Crippen LogP contribution in [0.15, 0.2) is 60.8 Å². The Labute approximate surface area is 152 Å². The van der Waals surface area contributed by atoms with Crippen LogP contribution in [0, 0.1) is 0 Å². The van der Waals surface area contributed by atoms with Crippen LogP contribution >= 0.6 is 0 Å². The summed E-state index contributed by atoms with van der Waals surface area (Å²) in [6.45, 7) is 0.451. The zero-order valence-corrected chi connectivity index (χ0v) is 13.9. The van der Waals surface area contributed by atoms with Crippen molar-refractivity contribution in [2.24, 2.45) is 0 Å². The van der Waals surface area contributed by atoms with E-state index in [2.05, 4.69) is 25.8 Å². The van der Waals surface area contributed by atoms with Gasteiger partial charge in [-0.25, -0.2) is 0 Å². The summed E-state index contributed by atoms with van der Waals surface area (Å²) in [7, 11) is 0. The molecule has 2 aromatic heterocycles. The number of anilines is 2. The normalized spacial score (nSPS) is 11.1. The summed E-state index contributed by atoms with van der Waals surface area (Å²) in [4.78, 5) is 16.3. The standard InChI is InChI=1S/C18H14F3N5O/c19-18(20,21)12-4-6-13(7-5-12)24-17(27)15-8-9-16(26-25-15)23-11-14-3-1-2-10-22-14/h1-10H,11H2,(H,23,26)(H,24,27). The van der Waals surface area contributed by atoms with E-state index in [9.17, 15) is 18.0 Å². The van der Waals surface area contributed by atoms with Crippen molar-refractivity contribution >= 4 is 17.4 Å². The summed E-state index contributed by atoms with van der Waals surface area (Å²) >= 11 is 0. The number of carbonyl (C=O) groups is 1. The number of amides is 1. The predicted octanol–water partition coefficient (Wildman–Crippen LogP) is 3.75. The maximum absolute atomic E-state index is 12.5. The minimum absolute atomic E-state index is 0.0401. The molecule has 3 rings (SSSR count). The van der Waals surface area contributed by atoms with Gasteiger partial charge < -0.3 is 10.6 Å². The third-order valence-electron chi connectivity index (χ3n) is 3.54. The number of halogens is 3. The number of nitrogens with zero attached hydrogens (tertiary/aromatic N) is 3. The fourth-order valence-electron chi connectivity index (χ4n) is 2.17. The van der Waals surface area contributed by atoms with E-state index in [4.69, 9.17) is 0 Å². The van der Waals surface area contributed by atoms with Crippen LogP contribution in [0.25, 0.3) is 0 Å². The zero-order chi connectivity index (χ0) is 19.3. The monoisotopic (exact) mass is 373 g/mol. The van der Waals surface area contributed by atoms with E-state index < -0.39 is 17.6 Å². The van der Waals surface area contributed by atoms with Gasteiger partial charge in [0.25, 0.3) is 5.91 Å². The number of aromatic nitrogens is 3. The first kappa shape index (κ1) is 18.3. The molecule has 3 aromatic rings. The van der Waals surface area contributed by atoms with Crippen LogP contribution in [0.5, 0.6) is 0 Å². The average molecular weight is 373 g/mol. The Morgan fingerprint density at radius 3 is 2.33 bits per heavy atom. The number of pyridine rings is 1. The molecule has 0 aliphatic rings. The van der Waals surface area contributed by atoms with Gasteiger partial charge in [0.05, 0.1) is 17.8 Å². The molecular formula is C18H14F3N5O. The number of hydrogen-bond acceptors (Lipinski definition) is 5.